The van der Waals surface area contributed by atoms with Gasteiger partial charge in [0.2, 0.25) is 5.91 Å². The fourth-order valence-electron chi connectivity index (χ4n) is 3.03. The van der Waals surface area contributed by atoms with Crippen LogP contribution in [-0.2, 0) is 4.79 Å². The van der Waals surface area contributed by atoms with E-state index in [0.717, 1.165) is 5.56 Å². The highest BCUT2D eigenvalue weighted by molar-refractivity contribution is 8.01. The number of aryl methyl sites for hydroxylation is 1. The molecule has 0 bridgehead atoms. The van der Waals surface area contributed by atoms with Gasteiger partial charge < -0.3 is 19.8 Å². The van der Waals surface area contributed by atoms with Crippen LogP contribution in [0.2, 0.25) is 0 Å². The van der Waals surface area contributed by atoms with Gasteiger partial charge in [0.1, 0.15) is 18.5 Å². The molecule has 9 heteroatoms. The first-order valence-corrected chi connectivity index (χ1v) is 11.5. The maximum absolute atomic E-state index is 12.2. The Kier molecular flexibility index (Phi) is 7.89. The number of carboxylic acids is 1. The minimum absolute atomic E-state index is 0.0439. The van der Waals surface area contributed by atoms with E-state index in [0.29, 0.717) is 35.2 Å². The highest BCUT2D eigenvalue weighted by atomic mass is 32.2. The number of carbonyl (C=O) groups excluding carboxylic acids is 1. The lowest BCUT2D eigenvalue weighted by Crippen LogP contribution is -2.34. The first-order chi connectivity index (χ1) is 14.4. The van der Waals surface area contributed by atoms with E-state index < -0.39 is 12.1 Å². The predicted molar refractivity (Wildman–Crippen MR) is 116 cm³/mol. The fourth-order valence-corrected chi connectivity index (χ4v) is 4.84. The zero-order chi connectivity index (χ0) is 21.5. The summed E-state index contributed by atoms with van der Waals surface area (Å²) in [7, 11) is 0. The summed E-state index contributed by atoms with van der Waals surface area (Å²) in [6.07, 6.45) is 3.98. The number of hydrogen-bond acceptors (Lipinski definition) is 7. The summed E-state index contributed by atoms with van der Waals surface area (Å²) >= 11 is 2.72. The van der Waals surface area contributed by atoms with Crippen molar-refractivity contribution in [1.29, 1.82) is 0 Å². The van der Waals surface area contributed by atoms with Crippen LogP contribution in [0.1, 0.15) is 28.9 Å². The van der Waals surface area contributed by atoms with Crippen molar-refractivity contribution in [1.82, 2.24) is 9.88 Å². The number of aliphatic hydroxyl groups excluding tert-OH is 1. The van der Waals surface area contributed by atoms with Crippen molar-refractivity contribution in [2.24, 2.45) is 0 Å². The minimum atomic E-state index is -1.04. The predicted octanol–water partition coefficient (Wildman–Crippen LogP) is 3.23. The van der Waals surface area contributed by atoms with Crippen LogP contribution in [0.5, 0.6) is 5.75 Å². The van der Waals surface area contributed by atoms with Crippen LogP contribution in [0, 0.1) is 6.92 Å². The summed E-state index contributed by atoms with van der Waals surface area (Å²) < 4.78 is 6.26. The number of amides is 1. The molecule has 1 amide bonds. The number of ether oxygens (including phenoxy) is 1. The zero-order valence-electron chi connectivity index (χ0n) is 16.6. The monoisotopic (exact) mass is 448 g/mol. The Morgan fingerprint density at radius 2 is 2.20 bits per heavy atom. The first kappa shape index (κ1) is 22.3. The number of aromatic carboxylic acids is 1. The number of benzene rings is 1. The Bertz CT molecular complexity index is 897. The van der Waals surface area contributed by atoms with Gasteiger partial charge in [-0.3, -0.25) is 4.79 Å². The zero-order valence-corrected chi connectivity index (χ0v) is 18.2. The molecule has 0 aliphatic carbocycles. The topological polar surface area (TPSA) is 100.0 Å². The van der Waals surface area contributed by atoms with Gasteiger partial charge >= 0.3 is 5.97 Å². The maximum atomic E-state index is 12.2. The molecule has 0 spiro atoms. The van der Waals surface area contributed by atoms with E-state index in [2.05, 4.69) is 4.98 Å². The van der Waals surface area contributed by atoms with E-state index in [4.69, 9.17) is 9.84 Å². The summed E-state index contributed by atoms with van der Waals surface area (Å²) in [5, 5.41) is 20.6. The first-order valence-electron chi connectivity index (χ1n) is 9.59. The number of carbonyl (C=O) groups is 2. The molecule has 160 valence electrons. The second-order valence-corrected chi connectivity index (χ2v) is 9.12. The lowest BCUT2D eigenvalue weighted by atomic mass is 10.2. The van der Waals surface area contributed by atoms with Crippen molar-refractivity contribution >= 4 is 35.0 Å². The minimum Gasteiger partial charge on any atom is -0.491 e. The summed E-state index contributed by atoms with van der Waals surface area (Å²) in [5.41, 5.74) is 1.19. The van der Waals surface area contributed by atoms with E-state index in [-0.39, 0.29) is 24.2 Å². The number of carboxylic acid groups (broad SMARTS) is 1. The Morgan fingerprint density at radius 3 is 2.90 bits per heavy atom. The highest BCUT2D eigenvalue weighted by Crippen LogP contribution is 2.25. The van der Waals surface area contributed by atoms with Gasteiger partial charge in [0.15, 0.2) is 10.0 Å². The van der Waals surface area contributed by atoms with Crippen molar-refractivity contribution in [3.8, 4) is 5.75 Å². The second kappa shape index (κ2) is 10.6. The van der Waals surface area contributed by atoms with Gasteiger partial charge in [-0.2, -0.15) is 0 Å². The number of thioether (sulfide) groups is 1. The third kappa shape index (κ3) is 6.32. The smallest absolute Gasteiger partial charge is 0.355 e. The van der Waals surface area contributed by atoms with Crippen LogP contribution in [0.3, 0.4) is 0 Å². The Labute approximate surface area is 183 Å². The average Bonchev–Trinajstić information content (AvgIpc) is 3.33. The van der Waals surface area contributed by atoms with Crippen molar-refractivity contribution < 1.29 is 24.5 Å². The van der Waals surface area contributed by atoms with E-state index in [1.165, 1.54) is 28.5 Å². The van der Waals surface area contributed by atoms with Crippen LogP contribution >= 0.6 is 23.1 Å². The third-order valence-electron chi connectivity index (χ3n) is 4.63. The molecule has 1 aromatic carbocycles. The van der Waals surface area contributed by atoms with Crippen LogP contribution in [0.15, 0.2) is 46.1 Å². The van der Waals surface area contributed by atoms with Gasteiger partial charge in [-0.15, -0.1) is 11.3 Å². The van der Waals surface area contributed by atoms with E-state index in [1.54, 1.807) is 11.0 Å². The number of aliphatic hydroxyl groups is 1. The summed E-state index contributed by atoms with van der Waals surface area (Å²) in [5.74, 6) is 0.377. The number of thiazole rings is 1. The average molecular weight is 449 g/mol. The molecule has 2 heterocycles. The molecule has 1 aliphatic heterocycles. The van der Waals surface area contributed by atoms with Crippen LogP contribution in [-0.4, -0.2) is 63.0 Å². The van der Waals surface area contributed by atoms with Gasteiger partial charge in [-0.05, 0) is 25.5 Å². The normalized spacial score (nSPS) is 17.6. The number of aromatic nitrogens is 1. The number of likely N-dealkylation sites (tertiary alicyclic amines) is 1. The maximum Gasteiger partial charge on any atom is 0.355 e. The van der Waals surface area contributed by atoms with Crippen molar-refractivity contribution in [3.05, 3.63) is 53.1 Å². The third-order valence-corrected chi connectivity index (χ3v) is 6.63. The number of hydrogen-bond donors (Lipinski definition) is 2. The van der Waals surface area contributed by atoms with Gasteiger partial charge in [0, 0.05) is 24.1 Å². The molecule has 1 aliphatic rings. The molecular weight excluding hydrogens is 424 g/mol. The Balaban J connectivity index is 1.46. The lowest BCUT2D eigenvalue weighted by Gasteiger charge is -2.22. The highest BCUT2D eigenvalue weighted by Gasteiger charge is 2.28. The molecule has 0 saturated carbocycles. The van der Waals surface area contributed by atoms with E-state index >= 15 is 0 Å². The number of nitrogens with zero attached hydrogens (tertiary/aromatic N) is 2. The molecular formula is C21H24N2O5S2. The molecule has 1 aromatic heterocycles. The van der Waals surface area contributed by atoms with Crippen LogP contribution in [0.25, 0.3) is 0 Å². The molecule has 7 nitrogen and oxygen atoms in total. The van der Waals surface area contributed by atoms with Gasteiger partial charge in [-0.1, -0.05) is 41.6 Å². The molecule has 1 saturated heterocycles. The van der Waals surface area contributed by atoms with Crippen molar-refractivity contribution in [2.45, 2.75) is 36.3 Å². The number of rotatable bonds is 10. The standard InChI is InChI=1S/C21H24N2O5S2/c1-14-2-7-17(8-3-14)28-12-16(24)6-4-15-5-9-19(25)23(15)10-11-29-21-22-18(13-30-21)20(26)27/h2-4,6-8,13,15-16,24H,5,9-12H2,1H3,(H,26,27)/b6-4+/t15-,16?/m0/s1. The quantitative estimate of drug-likeness (QED) is 0.425. The molecule has 1 unspecified atom stereocenters. The van der Waals surface area contributed by atoms with Gasteiger partial charge in [0.05, 0.1) is 6.04 Å². The fraction of sp³-hybridized carbons (Fsp3) is 0.381. The molecule has 3 rings (SSSR count). The summed E-state index contributed by atoms with van der Waals surface area (Å²) in [6.45, 7) is 2.68. The van der Waals surface area contributed by atoms with Crippen LogP contribution in [0.4, 0.5) is 0 Å². The molecule has 2 atom stereocenters. The molecule has 2 aromatic rings. The Morgan fingerprint density at radius 1 is 1.43 bits per heavy atom. The molecule has 0 radical (unpaired) electrons. The largest absolute Gasteiger partial charge is 0.491 e. The molecule has 2 N–H and O–H groups in total. The van der Waals surface area contributed by atoms with E-state index in [9.17, 15) is 14.7 Å². The molecule has 1 fully saturated rings. The summed E-state index contributed by atoms with van der Waals surface area (Å²) in [6, 6.07) is 7.57. The molecule has 30 heavy (non-hydrogen) atoms. The van der Waals surface area contributed by atoms with Gasteiger partial charge in [-0.25, -0.2) is 9.78 Å². The van der Waals surface area contributed by atoms with Crippen molar-refractivity contribution in [3.63, 3.8) is 0 Å². The van der Waals surface area contributed by atoms with Crippen molar-refractivity contribution in [2.75, 3.05) is 18.9 Å². The lowest BCUT2D eigenvalue weighted by molar-refractivity contribution is -0.128. The summed E-state index contributed by atoms with van der Waals surface area (Å²) in [4.78, 5) is 28.9. The Hall–Kier alpha value is -2.36. The van der Waals surface area contributed by atoms with Gasteiger partial charge in [0.25, 0.3) is 0 Å². The SMILES string of the molecule is Cc1ccc(OCC(O)/C=C/[C@H]2CCC(=O)N2CCSc2nc(C(=O)O)cs2)cc1. The second-order valence-electron chi connectivity index (χ2n) is 6.92. The van der Waals surface area contributed by atoms with E-state index in [1.807, 2.05) is 37.3 Å². The van der Waals surface area contributed by atoms with Crippen LogP contribution < -0.4 is 4.74 Å².